The number of halogens is 2. The largest absolute Gasteiger partial charge is 0.311 e. The van der Waals surface area contributed by atoms with E-state index in [1.54, 1.807) is 0 Å². The van der Waals surface area contributed by atoms with Crippen LogP contribution in [0.15, 0.2) is 48.5 Å². The zero-order chi connectivity index (χ0) is 20.2. The Hall–Kier alpha value is -1.11. The van der Waals surface area contributed by atoms with E-state index in [0.29, 0.717) is 24.5 Å². The summed E-state index contributed by atoms with van der Waals surface area (Å²) in [5.41, 5.74) is 1.68. The van der Waals surface area contributed by atoms with E-state index >= 15 is 0 Å². The van der Waals surface area contributed by atoms with Gasteiger partial charge in [0.15, 0.2) is 9.84 Å². The normalized spacial score (nSPS) is 21.3. The molecule has 0 unspecified atom stereocenters. The molecule has 0 aliphatic carbocycles. The second-order valence-electron chi connectivity index (χ2n) is 7.62. The second-order valence-corrected chi connectivity index (χ2v) is 10.6. The molecule has 2 aromatic rings. The van der Waals surface area contributed by atoms with Crippen LogP contribution < -0.4 is 5.32 Å². The third kappa shape index (κ3) is 5.49. The van der Waals surface area contributed by atoms with Crippen molar-refractivity contribution in [2.45, 2.75) is 32.0 Å². The highest BCUT2D eigenvalue weighted by molar-refractivity contribution is 7.91. The average Bonchev–Trinajstić information content (AvgIpc) is 2.94. The maximum absolute atomic E-state index is 12.1. The van der Waals surface area contributed by atoms with Crippen molar-refractivity contribution >= 4 is 33.0 Å². The fourth-order valence-electron chi connectivity index (χ4n) is 3.69. The first-order chi connectivity index (χ1) is 13.3. The van der Waals surface area contributed by atoms with E-state index < -0.39 is 9.84 Å². The van der Waals surface area contributed by atoms with Crippen molar-refractivity contribution in [2.75, 3.05) is 24.6 Å². The van der Waals surface area contributed by atoms with Gasteiger partial charge in [-0.15, -0.1) is 0 Å². The number of hydrogen-bond donors (Lipinski definition) is 1. The first kappa shape index (κ1) is 21.6. The number of rotatable bonds is 8. The number of sulfone groups is 1. The van der Waals surface area contributed by atoms with E-state index in [-0.39, 0.29) is 17.0 Å². The van der Waals surface area contributed by atoms with E-state index in [0.717, 1.165) is 29.2 Å². The predicted octanol–water partition coefficient (Wildman–Crippen LogP) is 4.16. The molecule has 1 fully saturated rings. The number of benzene rings is 2. The molecule has 152 valence electrons. The molecule has 7 heteroatoms. The molecule has 0 radical (unpaired) electrons. The molecule has 0 saturated carbocycles. The second kappa shape index (κ2) is 9.14. The molecule has 4 nitrogen and oxygen atoms in total. The van der Waals surface area contributed by atoms with E-state index in [4.69, 9.17) is 23.2 Å². The van der Waals surface area contributed by atoms with Gasteiger partial charge < -0.3 is 5.32 Å². The molecule has 3 rings (SSSR count). The molecule has 1 atom stereocenters. The number of hydrogen-bond acceptors (Lipinski definition) is 4. The smallest absolute Gasteiger partial charge is 0.152 e. The van der Waals surface area contributed by atoms with Gasteiger partial charge in [-0.05, 0) is 36.6 Å². The minimum Gasteiger partial charge on any atom is -0.311 e. The van der Waals surface area contributed by atoms with E-state index in [1.165, 1.54) is 0 Å². The summed E-state index contributed by atoms with van der Waals surface area (Å²) in [6.45, 7) is 4.80. The third-order valence-corrected chi connectivity index (χ3v) is 8.02. The van der Waals surface area contributed by atoms with Crippen molar-refractivity contribution in [2.24, 2.45) is 0 Å². The summed E-state index contributed by atoms with van der Waals surface area (Å²) in [5, 5.41) is 4.88. The molecule has 0 bridgehead atoms. The summed E-state index contributed by atoms with van der Waals surface area (Å²) >= 11 is 12.6. The Labute approximate surface area is 177 Å². The minimum atomic E-state index is -2.99. The SMILES string of the molecule is C[C@]1(N(CCNCc2ccccc2Cl)Cc2ccccc2Cl)CCS(=O)(=O)C1. The lowest BCUT2D eigenvalue weighted by atomic mass is 9.98. The van der Waals surface area contributed by atoms with Crippen molar-refractivity contribution in [1.29, 1.82) is 0 Å². The lowest BCUT2D eigenvalue weighted by Gasteiger charge is -2.38. The first-order valence-corrected chi connectivity index (χ1v) is 12.0. The summed E-state index contributed by atoms with van der Waals surface area (Å²) in [4.78, 5) is 2.25. The van der Waals surface area contributed by atoms with Crippen LogP contribution in [0.4, 0.5) is 0 Å². The van der Waals surface area contributed by atoms with Gasteiger partial charge in [-0.3, -0.25) is 4.90 Å². The van der Waals surface area contributed by atoms with Gasteiger partial charge in [0.2, 0.25) is 0 Å². The highest BCUT2D eigenvalue weighted by Crippen LogP contribution is 2.31. The quantitative estimate of drug-likeness (QED) is 0.625. The molecule has 1 aliphatic rings. The fourth-order valence-corrected chi connectivity index (χ4v) is 6.26. The van der Waals surface area contributed by atoms with Gasteiger partial charge >= 0.3 is 0 Å². The molecule has 1 N–H and O–H groups in total. The highest BCUT2D eigenvalue weighted by Gasteiger charge is 2.42. The topological polar surface area (TPSA) is 49.4 Å². The Morgan fingerprint density at radius 2 is 1.64 bits per heavy atom. The van der Waals surface area contributed by atoms with Crippen LogP contribution in [0.3, 0.4) is 0 Å². The Morgan fingerprint density at radius 3 is 2.21 bits per heavy atom. The van der Waals surface area contributed by atoms with Crippen LogP contribution in [0.1, 0.15) is 24.5 Å². The standard InChI is InChI=1S/C21H26Cl2N2O2S/c1-21(10-13-28(26,27)16-21)25(15-18-7-3-5-9-20(18)23)12-11-24-14-17-6-2-4-8-19(17)22/h2-9,24H,10-16H2,1H3/t21-/m0/s1. The van der Waals surface area contributed by atoms with Crippen LogP contribution in [0.25, 0.3) is 0 Å². The monoisotopic (exact) mass is 440 g/mol. The van der Waals surface area contributed by atoms with Crippen LogP contribution in [0.5, 0.6) is 0 Å². The Kier molecular flexibility index (Phi) is 7.05. The molecule has 2 aromatic carbocycles. The summed E-state index contributed by atoms with van der Waals surface area (Å²) in [5.74, 6) is 0.435. The van der Waals surface area contributed by atoms with Gasteiger partial charge in [-0.2, -0.15) is 0 Å². The Bertz CT molecular complexity index is 920. The molecule has 0 spiro atoms. The van der Waals surface area contributed by atoms with Gasteiger partial charge in [-0.1, -0.05) is 59.6 Å². The van der Waals surface area contributed by atoms with Crippen molar-refractivity contribution in [3.8, 4) is 0 Å². The van der Waals surface area contributed by atoms with Crippen LogP contribution in [-0.4, -0.2) is 43.5 Å². The van der Waals surface area contributed by atoms with Crippen molar-refractivity contribution in [3.05, 3.63) is 69.7 Å². The first-order valence-electron chi connectivity index (χ1n) is 9.42. The van der Waals surface area contributed by atoms with Crippen LogP contribution in [0, 0.1) is 0 Å². The van der Waals surface area contributed by atoms with Gasteiger partial charge in [0.05, 0.1) is 11.5 Å². The molecule has 1 aliphatic heterocycles. The van der Waals surface area contributed by atoms with E-state index in [2.05, 4.69) is 10.2 Å². The highest BCUT2D eigenvalue weighted by atomic mass is 35.5. The zero-order valence-electron chi connectivity index (χ0n) is 16.0. The lowest BCUT2D eigenvalue weighted by Crippen LogP contribution is -2.49. The lowest BCUT2D eigenvalue weighted by molar-refractivity contribution is 0.118. The minimum absolute atomic E-state index is 0.189. The molecular formula is C21H26Cl2N2O2S. The summed E-state index contributed by atoms with van der Waals surface area (Å²) in [6, 6.07) is 15.5. The number of nitrogens with zero attached hydrogens (tertiary/aromatic N) is 1. The van der Waals surface area contributed by atoms with Crippen molar-refractivity contribution in [1.82, 2.24) is 10.2 Å². The Morgan fingerprint density at radius 1 is 1.04 bits per heavy atom. The summed E-state index contributed by atoms with van der Waals surface area (Å²) in [7, 11) is -2.99. The number of nitrogens with one attached hydrogen (secondary N) is 1. The van der Waals surface area contributed by atoms with Crippen molar-refractivity contribution in [3.63, 3.8) is 0 Å². The summed E-state index contributed by atoms with van der Waals surface area (Å²) in [6.07, 6.45) is 0.643. The molecule has 1 heterocycles. The molecular weight excluding hydrogens is 415 g/mol. The zero-order valence-corrected chi connectivity index (χ0v) is 18.3. The molecule has 0 amide bonds. The van der Waals surface area contributed by atoms with Crippen LogP contribution in [-0.2, 0) is 22.9 Å². The van der Waals surface area contributed by atoms with E-state index in [9.17, 15) is 8.42 Å². The van der Waals surface area contributed by atoms with E-state index in [1.807, 2.05) is 55.5 Å². The average molecular weight is 441 g/mol. The van der Waals surface area contributed by atoms with Crippen LogP contribution >= 0.6 is 23.2 Å². The maximum Gasteiger partial charge on any atom is 0.152 e. The molecule has 28 heavy (non-hydrogen) atoms. The third-order valence-electron chi connectivity index (χ3n) is 5.40. The maximum atomic E-state index is 12.1. The predicted molar refractivity (Wildman–Crippen MR) is 117 cm³/mol. The molecule has 0 aromatic heterocycles. The van der Waals surface area contributed by atoms with Gasteiger partial charge in [-0.25, -0.2) is 8.42 Å². The fraction of sp³-hybridized carbons (Fsp3) is 0.429. The van der Waals surface area contributed by atoms with Crippen LogP contribution in [0.2, 0.25) is 10.0 Å². The molecule has 1 saturated heterocycles. The van der Waals surface area contributed by atoms with Gasteiger partial charge in [0.25, 0.3) is 0 Å². The summed E-state index contributed by atoms with van der Waals surface area (Å²) < 4.78 is 24.3. The Balaban J connectivity index is 1.68. The van der Waals surface area contributed by atoms with Gasteiger partial charge in [0, 0.05) is 41.8 Å². The van der Waals surface area contributed by atoms with Gasteiger partial charge in [0.1, 0.15) is 0 Å². The van der Waals surface area contributed by atoms with Crippen molar-refractivity contribution < 1.29 is 8.42 Å².